The minimum absolute atomic E-state index is 0.355. The normalized spacial score (nSPS) is 16.7. The van der Waals surface area contributed by atoms with Crippen LogP contribution in [0.3, 0.4) is 0 Å². The SMILES string of the molecule is [c]1ccc(C2C=Cc3cccc4cccc2c34)cc1. The Morgan fingerprint density at radius 3 is 2.47 bits per heavy atom. The van der Waals surface area contributed by atoms with Gasteiger partial charge in [-0.3, -0.25) is 0 Å². The number of benzene rings is 3. The summed E-state index contributed by atoms with van der Waals surface area (Å²) >= 11 is 0. The molecule has 0 aromatic heterocycles. The second-order valence-corrected chi connectivity index (χ2v) is 4.96. The van der Waals surface area contributed by atoms with E-state index >= 15 is 0 Å². The fourth-order valence-electron chi connectivity index (χ4n) is 3.00. The molecular weight excluding hydrogens is 228 g/mol. The first-order valence-corrected chi connectivity index (χ1v) is 6.59. The van der Waals surface area contributed by atoms with E-state index in [1.807, 2.05) is 12.1 Å². The van der Waals surface area contributed by atoms with Crippen LogP contribution < -0.4 is 0 Å². The predicted octanol–water partition coefficient (Wildman–Crippen LogP) is 4.80. The van der Waals surface area contributed by atoms with Crippen LogP contribution in [-0.2, 0) is 0 Å². The van der Waals surface area contributed by atoms with E-state index in [-0.39, 0.29) is 0 Å². The van der Waals surface area contributed by atoms with Crippen molar-refractivity contribution in [2.75, 3.05) is 0 Å². The molecule has 0 spiro atoms. The standard InChI is InChI=1S/C19H13/c1-2-6-14(7-3-1)17-13-12-16-9-4-8-15-10-5-11-18(17)19(15)16/h2-13,17H. The van der Waals surface area contributed by atoms with Crippen molar-refractivity contribution in [2.45, 2.75) is 5.92 Å². The molecule has 3 aromatic rings. The second-order valence-electron chi connectivity index (χ2n) is 4.96. The molecule has 89 valence electrons. The van der Waals surface area contributed by atoms with Gasteiger partial charge in [-0.25, -0.2) is 0 Å². The van der Waals surface area contributed by atoms with Crippen molar-refractivity contribution in [3.8, 4) is 0 Å². The topological polar surface area (TPSA) is 0 Å². The van der Waals surface area contributed by atoms with Crippen LogP contribution in [0, 0.1) is 6.07 Å². The van der Waals surface area contributed by atoms with Gasteiger partial charge >= 0.3 is 0 Å². The monoisotopic (exact) mass is 241 g/mol. The first-order chi connectivity index (χ1) is 9.43. The zero-order chi connectivity index (χ0) is 12.7. The largest absolute Gasteiger partial charge is 0.0720 e. The Hall–Kier alpha value is -2.34. The van der Waals surface area contributed by atoms with E-state index in [0.29, 0.717) is 5.92 Å². The third-order valence-electron chi connectivity index (χ3n) is 3.88. The van der Waals surface area contributed by atoms with Gasteiger partial charge in [0.2, 0.25) is 0 Å². The molecule has 1 unspecified atom stereocenters. The molecule has 0 amide bonds. The molecule has 1 aliphatic rings. The molecule has 0 nitrogen and oxygen atoms in total. The van der Waals surface area contributed by atoms with Crippen molar-refractivity contribution >= 4 is 16.8 Å². The number of hydrogen-bond donors (Lipinski definition) is 0. The van der Waals surface area contributed by atoms with Crippen LogP contribution in [0.5, 0.6) is 0 Å². The van der Waals surface area contributed by atoms with Crippen LogP contribution in [-0.4, -0.2) is 0 Å². The van der Waals surface area contributed by atoms with E-state index in [9.17, 15) is 0 Å². The highest BCUT2D eigenvalue weighted by Crippen LogP contribution is 2.37. The van der Waals surface area contributed by atoms with E-state index in [4.69, 9.17) is 0 Å². The number of rotatable bonds is 1. The maximum atomic E-state index is 3.09. The molecule has 4 rings (SSSR count). The van der Waals surface area contributed by atoms with E-state index in [0.717, 1.165) is 0 Å². The Bertz CT molecular complexity index is 761. The third-order valence-corrected chi connectivity index (χ3v) is 3.88. The van der Waals surface area contributed by atoms with E-state index < -0.39 is 0 Å². The van der Waals surface area contributed by atoms with Crippen molar-refractivity contribution in [3.05, 3.63) is 89.5 Å². The summed E-state index contributed by atoms with van der Waals surface area (Å²) in [5, 5.41) is 2.72. The molecule has 19 heavy (non-hydrogen) atoms. The highest BCUT2D eigenvalue weighted by molar-refractivity contribution is 5.96. The maximum absolute atomic E-state index is 3.09. The lowest BCUT2D eigenvalue weighted by Gasteiger charge is -2.21. The Morgan fingerprint density at radius 1 is 0.842 bits per heavy atom. The summed E-state index contributed by atoms with van der Waals surface area (Å²) < 4.78 is 0. The van der Waals surface area contributed by atoms with Crippen LogP contribution >= 0.6 is 0 Å². The van der Waals surface area contributed by atoms with Crippen molar-refractivity contribution < 1.29 is 0 Å². The van der Waals surface area contributed by atoms with Gasteiger partial charge in [0.25, 0.3) is 0 Å². The van der Waals surface area contributed by atoms with E-state index in [1.165, 1.54) is 27.5 Å². The Morgan fingerprint density at radius 2 is 1.63 bits per heavy atom. The minimum Gasteiger partial charge on any atom is -0.0720 e. The van der Waals surface area contributed by atoms with Crippen molar-refractivity contribution in [2.24, 2.45) is 0 Å². The molecule has 1 atom stereocenters. The summed E-state index contributed by atoms with van der Waals surface area (Å²) in [6.45, 7) is 0. The first-order valence-electron chi connectivity index (χ1n) is 6.59. The number of allylic oxidation sites excluding steroid dienone is 1. The van der Waals surface area contributed by atoms with Crippen LogP contribution in [0.2, 0.25) is 0 Å². The lowest BCUT2D eigenvalue weighted by Crippen LogP contribution is -2.02. The summed E-state index contributed by atoms with van der Waals surface area (Å²) in [4.78, 5) is 0. The van der Waals surface area contributed by atoms with Gasteiger partial charge in [0, 0.05) is 5.92 Å². The lowest BCUT2D eigenvalue weighted by atomic mass is 9.82. The Labute approximate surface area is 113 Å². The lowest BCUT2D eigenvalue weighted by molar-refractivity contribution is 1.04. The molecular formula is C19H13. The van der Waals surface area contributed by atoms with Crippen LogP contribution in [0.15, 0.2) is 66.7 Å². The molecule has 3 aromatic carbocycles. The first kappa shape index (κ1) is 10.6. The maximum Gasteiger partial charge on any atom is 0.0279 e. The van der Waals surface area contributed by atoms with E-state index in [2.05, 4.69) is 66.7 Å². The van der Waals surface area contributed by atoms with Crippen molar-refractivity contribution in [3.63, 3.8) is 0 Å². The zero-order valence-electron chi connectivity index (χ0n) is 10.5. The van der Waals surface area contributed by atoms with Crippen molar-refractivity contribution in [1.82, 2.24) is 0 Å². The highest BCUT2D eigenvalue weighted by atomic mass is 14.2. The van der Waals surface area contributed by atoms with Gasteiger partial charge in [0.1, 0.15) is 0 Å². The van der Waals surface area contributed by atoms with Gasteiger partial charge < -0.3 is 0 Å². The molecule has 1 radical (unpaired) electrons. The molecule has 0 N–H and O–H groups in total. The quantitative estimate of drug-likeness (QED) is 0.574. The third kappa shape index (κ3) is 1.61. The fraction of sp³-hybridized carbons (Fsp3) is 0.0526. The van der Waals surface area contributed by atoms with Crippen LogP contribution in [0.1, 0.15) is 22.6 Å². The van der Waals surface area contributed by atoms with Gasteiger partial charge in [-0.2, -0.15) is 0 Å². The van der Waals surface area contributed by atoms with Gasteiger partial charge in [-0.15, -0.1) is 0 Å². The molecule has 0 heterocycles. The summed E-state index contributed by atoms with van der Waals surface area (Å²) in [6, 6.07) is 24.5. The molecule has 0 fully saturated rings. The molecule has 1 aliphatic carbocycles. The molecule has 0 aliphatic heterocycles. The smallest absolute Gasteiger partial charge is 0.0279 e. The van der Waals surface area contributed by atoms with Gasteiger partial charge in [-0.05, 0) is 33.5 Å². The Balaban J connectivity index is 2.01. The summed E-state index contributed by atoms with van der Waals surface area (Å²) in [6.07, 6.45) is 4.54. The highest BCUT2D eigenvalue weighted by Gasteiger charge is 2.18. The zero-order valence-corrected chi connectivity index (χ0v) is 10.5. The Kier molecular flexibility index (Phi) is 2.28. The number of hydrogen-bond acceptors (Lipinski definition) is 0. The van der Waals surface area contributed by atoms with Crippen LogP contribution in [0.4, 0.5) is 0 Å². The molecule has 0 saturated carbocycles. The van der Waals surface area contributed by atoms with Crippen LogP contribution in [0.25, 0.3) is 16.8 Å². The molecule has 0 bridgehead atoms. The fourth-order valence-corrected chi connectivity index (χ4v) is 3.00. The summed E-state index contributed by atoms with van der Waals surface area (Å²) in [5.74, 6) is 0.355. The van der Waals surface area contributed by atoms with Gasteiger partial charge in [0.05, 0.1) is 0 Å². The van der Waals surface area contributed by atoms with Gasteiger partial charge in [-0.1, -0.05) is 72.8 Å². The average Bonchev–Trinajstić information content (AvgIpc) is 2.49. The predicted molar refractivity (Wildman–Crippen MR) is 80.1 cm³/mol. The minimum atomic E-state index is 0.355. The van der Waals surface area contributed by atoms with Gasteiger partial charge in [0.15, 0.2) is 0 Å². The second kappa shape index (κ2) is 4.10. The molecule has 0 saturated heterocycles. The molecule has 0 heteroatoms. The summed E-state index contributed by atoms with van der Waals surface area (Å²) in [5.41, 5.74) is 4.06. The van der Waals surface area contributed by atoms with Crippen molar-refractivity contribution in [1.29, 1.82) is 0 Å². The van der Waals surface area contributed by atoms with E-state index in [1.54, 1.807) is 0 Å². The summed E-state index contributed by atoms with van der Waals surface area (Å²) in [7, 11) is 0. The average molecular weight is 241 g/mol.